The Hall–Kier alpha value is -8.08. The van der Waals surface area contributed by atoms with E-state index in [1.807, 2.05) is 48.5 Å². The zero-order chi connectivity index (χ0) is 42.9. The molecule has 0 aliphatic heterocycles. The summed E-state index contributed by atoms with van der Waals surface area (Å²) in [6.07, 6.45) is -9.67. The lowest BCUT2D eigenvalue weighted by Crippen LogP contribution is -2.11. The molecule has 298 valence electrons. The molecule has 0 bridgehead atoms. The van der Waals surface area contributed by atoms with E-state index in [4.69, 9.17) is 0 Å². The van der Waals surface area contributed by atoms with Crippen molar-refractivity contribution in [1.82, 2.24) is 9.13 Å². The quantitative estimate of drug-likeness (QED) is 0.162. The van der Waals surface area contributed by atoms with Crippen LogP contribution in [0.5, 0.6) is 0 Å². The van der Waals surface area contributed by atoms with Crippen molar-refractivity contribution in [3.05, 3.63) is 192 Å². The average molecular weight is 823 g/mol. The second kappa shape index (κ2) is 14.3. The molecule has 0 aliphatic carbocycles. The van der Waals surface area contributed by atoms with Crippen molar-refractivity contribution < 1.29 is 26.3 Å². The topological polar surface area (TPSA) is 57.4 Å². The Balaban J connectivity index is 1.40. The van der Waals surface area contributed by atoms with E-state index < -0.39 is 23.5 Å². The van der Waals surface area contributed by atoms with Gasteiger partial charge in [0.05, 0.1) is 67.8 Å². The highest BCUT2D eigenvalue weighted by Crippen LogP contribution is 2.47. The number of hydrogen-bond donors (Lipinski definition) is 0. The van der Waals surface area contributed by atoms with E-state index in [1.165, 1.54) is 12.1 Å². The van der Waals surface area contributed by atoms with Gasteiger partial charge in [-0.2, -0.15) is 36.9 Å². The van der Waals surface area contributed by atoms with Gasteiger partial charge in [-0.3, -0.25) is 0 Å². The van der Waals surface area contributed by atoms with Crippen molar-refractivity contribution in [3.8, 4) is 56.9 Å². The Morgan fingerprint density at radius 2 is 0.806 bits per heavy atom. The highest BCUT2D eigenvalue weighted by Gasteiger charge is 2.36. The van der Waals surface area contributed by atoms with Crippen LogP contribution in [0.2, 0.25) is 0 Å². The van der Waals surface area contributed by atoms with Gasteiger partial charge in [-0.1, -0.05) is 109 Å². The van der Waals surface area contributed by atoms with Crippen LogP contribution in [0.25, 0.3) is 88.4 Å². The van der Waals surface area contributed by atoms with Gasteiger partial charge in [0.1, 0.15) is 0 Å². The van der Waals surface area contributed by atoms with Crippen molar-refractivity contribution in [3.63, 3.8) is 0 Å². The molecule has 8 aromatic carbocycles. The van der Waals surface area contributed by atoms with E-state index in [-0.39, 0.29) is 22.5 Å². The lowest BCUT2D eigenvalue weighted by Gasteiger charge is -2.23. The van der Waals surface area contributed by atoms with Crippen molar-refractivity contribution in [2.75, 3.05) is 0 Å². The third-order valence-corrected chi connectivity index (χ3v) is 11.4. The molecule has 0 unspecified atom stereocenters. The summed E-state index contributed by atoms with van der Waals surface area (Å²) in [5.74, 6) is 0. The van der Waals surface area contributed by atoms with Crippen LogP contribution in [0.4, 0.5) is 26.3 Å². The summed E-state index contributed by atoms with van der Waals surface area (Å²) in [5, 5.41) is 22.8. The number of nitrogens with zero attached hydrogens (tertiary/aromatic N) is 4. The van der Waals surface area contributed by atoms with Crippen LogP contribution in [0.3, 0.4) is 0 Å². The van der Waals surface area contributed by atoms with Crippen LogP contribution < -0.4 is 0 Å². The van der Waals surface area contributed by atoms with E-state index in [0.29, 0.717) is 77.0 Å². The molecule has 0 aliphatic rings. The summed E-state index contributed by atoms with van der Waals surface area (Å²) in [5.41, 5.74) is 3.37. The third-order valence-electron chi connectivity index (χ3n) is 11.4. The molecule has 62 heavy (non-hydrogen) atoms. The van der Waals surface area contributed by atoms with Crippen LogP contribution in [-0.2, 0) is 12.4 Å². The fourth-order valence-electron chi connectivity index (χ4n) is 8.73. The second-order valence-electron chi connectivity index (χ2n) is 14.9. The Labute approximate surface area is 350 Å². The number of hydrogen-bond acceptors (Lipinski definition) is 2. The third kappa shape index (κ3) is 6.15. The average Bonchev–Trinajstić information content (AvgIpc) is 3.80. The predicted octanol–water partition coefficient (Wildman–Crippen LogP) is 14.7. The monoisotopic (exact) mass is 822 g/mol. The van der Waals surface area contributed by atoms with Crippen molar-refractivity contribution >= 4 is 43.6 Å². The molecular formula is C52H28F6N4. The molecule has 0 atom stereocenters. The first-order valence-corrected chi connectivity index (χ1v) is 19.4. The molecule has 0 spiro atoms. The first-order chi connectivity index (χ1) is 29.9. The van der Waals surface area contributed by atoms with Gasteiger partial charge in [0.25, 0.3) is 0 Å². The molecule has 0 radical (unpaired) electrons. The Morgan fingerprint density at radius 3 is 1.27 bits per heavy atom. The minimum Gasteiger partial charge on any atom is -0.309 e. The fraction of sp³-hybridized carbons (Fsp3) is 0.0385. The number of para-hydroxylation sites is 2. The van der Waals surface area contributed by atoms with Gasteiger partial charge >= 0.3 is 12.4 Å². The van der Waals surface area contributed by atoms with E-state index >= 15 is 13.2 Å². The van der Waals surface area contributed by atoms with Gasteiger partial charge in [0.2, 0.25) is 0 Å². The summed E-state index contributed by atoms with van der Waals surface area (Å²) in [7, 11) is 0. The number of halogens is 6. The zero-order valence-corrected chi connectivity index (χ0v) is 32.2. The summed E-state index contributed by atoms with van der Waals surface area (Å²) < 4.78 is 93.9. The summed E-state index contributed by atoms with van der Waals surface area (Å²) >= 11 is 0. The number of rotatable bonds is 5. The van der Waals surface area contributed by atoms with Crippen LogP contribution in [0.1, 0.15) is 22.3 Å². The van der Waals surface area contributed by atoms with Gasteiger partial charge in [0.15, 0.2) is 0 Å². The van der Waals surface area contributed by atoms with Crippen LogP contribution in [0.15, 0.2) is 170 Å². The largest absolute Gasteiger partial charge is 0.416 e. The van der Waals surface area contributed by atoms with Gasteiger partial charge in [-0.25, -0.2) is 0 Å². The molecule has 0 amide bonds. The molecule has 4 nitrogen and oxygen atoms in total. The van der Waals surface area contributed by atoms with Crippen molar-refractivity contribution in [2.45, 2.75) is 12.4 Å². The van der Waals surface area contributed by atoms with Crippen molar-refractivity contribution in [1.29, 1.82) is 10.5 Å². The van der Waals surface area contributed by atoms with Crippen LogP contribution in [0, 0.1) is 22.7 Å². The molecule has 0 saturated carbocycles. The number of alkyl halides is 6. The highest BCUT2D eigenvalue weighted by molar-refractivity contribution is 6.13. The van der Waals surface area contributed by atoms with E-state index in [9.17, 15) is 23.7 Å². The van der Waals surface area contributed by atoms with E-state index in [1.54, 1.807) is 94.1 Å². The molecule has 0 N–H and O–H groups in total. The van der Waals surface area contributed by atoms with Crippen LogP contribution in [-0.4, -0.2) is 9.13 Å². The maximum atomic E-state index is 15.6. The molecule has 10 aromatic rings. The van der Waals surface area contributed by atoms with E-state index in [0.717, 1.165) is 24.3 Å². The summed E-state index contributed by atoms with van der Waals surface area (Å²) in [4.78, 5) is 0. The molecular weight excluding hydrogens is 795 g/mol. The number of aromatic nitrogens is 2. The van der Waals surface area contributed by atoms with Gasteiger partial charge < -0.3 is 9.13 Å². The molecule has 2 heterocycles. The fourth-order valence-corrected chi connectivity index (χ4v) is 8.73. The van der Waals surface area contributed by atoms with Gasteiger partial charge in [0, 0.05) is 27.1 Å². The number of nitriles is 2. The highest BCUT2D eigenvalue weighted by atomic mass is 19.4. The first-order valence-electron chi connectivity index (χ1n) is 19.4. The predicted molar refractivity (Wildman–Crippen MR) is 231 cm³/mol. The molecule has 0 saturated heterocycles. The Morgan fingerprint density at radius 1 is 0.371 bits per heavy atom. The Bertz CT molecular complexity index is 3340. The molecule has 0 fully saturated rings. The Kier molecular flexibility index (Phi) is 8.79. The van der Waals surface area contributed by atoms with Crippen molar-refractivity contribution in [2.24, 2.45) is 0 Å². The molecule has 10 rings (SSSR count). The molecule has 2 aromatic heterocycles. The summed E-state index contributed by atoms with van der Waals surface area (Å²) in [6, 6.07) is 50.5. The van der Waals surface area contributed by atoms with Gasteiger partial charge in [-0.05, 0) is 88.5 Å². The van der Waals surface area contributed by atoms with E-state index in [2.05, 4.69) is 12.1 Å². The van der Waals surface area contributed by atoms with Crippen LogP contribution >= 0.6 is 0 Å². The molecule has 10 heteroatoms. The first kappa shape index (κ1) is 38.1. The lowest BCUT2D eigenvalue weighted by atomic mass is 9.95. The number of fused-ring (bicyclic) bond motifs is 6. The minimum atomic E-state index is -4.90. The standard InChI is InChI=1S/C52H28F6N4/c53-51(54,55)36-13-9-12-33(24-36)50-48(61-44-18-7-5-16-40(44)42-22-20-31(25-46(42)61)38-14-3-1-10-34(38)29-59)27-37(52(56,57)58)28-49(50)62-45-19-8-6-17-41(45)43-23-21-32(26-47(43)62)39-15-4-2-11-35(39)30-60/h1-28H. The zero-order valence-electron chi connectivity index (χ0n) is 32.2. The normalized spacial score (nSPS) is 12.0. The van der Waals surface area contributed by atoms with Gasteiger partial charge in [-0.15, -0.1) is 0 Å². The minimum absolute atomic E-state index is 0.0111. The second-order valence-corrected chi connectivity index (χ2v) is 14.9. The maximum Gasteiger partial charge on any atom is 0.416 e. The summed E-state index contributed by atoms with van der Waals surface area (Å²) in [6.45, 7) is 0. The number of benzene rings is 8. The smallest absolute Gasteiger partial charge is 0.309 e. The maximum absolute atomic E-state index is 15.6. The SMILES string of the molecule is N#Cc1ccccc1-c1ccc2c3ccccc3n(-c3cc(C(F)(F)F)cc(-n4c5ccccc5c5ccc(-c6ccccc6C#N)cc54)c3-c3cccc(C(F)(F)F)c3)c2c1. The lowest BCUT2D eigenvalue weighted by molar-refractivity contribution is -0.138.